The van der Waals surface area contributed by atoms with E-state index in [2.05, 4.69) is 74.5 Å². The quantitative estimate of drug-likeness (QED) is 0.647. The monoisotopic (exact) mass is 364 g/mol. The fourth-order valence-corrected chi connectivity index (χ4v) is 6.80. The first-order valence-electron chi connectivity index (χ1n) is 8.88. The third-order valence-electron chi connectivity index (χ3n) is 4.59. The van der Waals surface area contributed by atoms with E-state index in [-0.39, 0.29) is 5.56 Å². The highest BCUT2D eigenvalue weighted by molar-refractivity contribution is 7.89. The maximum atomic E-state index is 10.1. The largest absolute Gasteiger partial charge is 0.545 e. The van der Waals surface area contributed by atoms with Crippen LogP contribution < -0.4 is 15.7 Å². The summed E-state index contributed by atoms with van der Waals surface area (Å²) in [4.78, 5) is 10.1. The van der Waals surface area contributed by atoms with Crippen LogP contribution in [0.1, 0.15) is 24.2 Å². The molecule has 0 fully saturated rings. The third kappa shape index (κ3) is 4.80. The van der Waals surface area contributed by atoms with E-state index < -0.39 is 13.2 Å². The summed E-state index contributed by atoms with van der Waals surface area (Å²) >= 11 is 0. The smallest absolute Gasteiger partial charge is 0.0991 e. The summed E-state index contributed by atoms with van der Waals surface area (Å²) in [6.07, 6.45) is 2.50. The molecule has 134 valence electrons. The molecule has 3 aromatic rings. The van der Waals surface area contributed by atoms with Gasteiger partial charge in [-0.1, -0.05) is 66.7 Å². The Kier molecular flexibility index (Phi) is 7.56. The second kappa shape index (κ2) is 9.89. The summed E-state index contributed by atoms with van der Waals surface area (Å²) in [7, 11) is -1.16. The Labute approximate surface area is 156 Å². The van der Waals surface area contributed by atoms with Crippen molar-refractivity contribution in [1.82, 2.24) is 0 Å². The molecule has 0 aromatic heterocycles. The van der Waals surface area contributed by atoms with E-state index in [4.69, 9.17) is 0 Å². The topological polar surface area (TPSA) is 40.1 Å². The fourth-order valence-electron chi connectivity index (χ4n) is 3.10. The molecule has 0 aliphatic heterocycles. The van der Waals surface area contributed by atoms with Crippen LogP contribution in [0.4, 0.5) is 0 Å². The number of carboxylic acids is 1. The Morgan fingerprint density at radius 1 is 0.692 bits per heavy atom. The summed E-state index contributed by atoms with van der Waals surface area (Å²) in [6, 6.07) is 30.1. The van der Waals surface area contributed by atoms with Gasteiger partial charge in [0.25, 0.3) is 0 Å². The predicted octanol–water partition coefficient (Wildman–Crippen LogP) is 3.74. The van der Waals surface area contributed by atoms with Gasteiger partial charge in [0.2, 0.25) is 0 Å². The summed E-state index contributed by atoms with van der Waals surface area (Å²) in [5, 5.41) is 13.2. The highest BCUT2D eigenvalue weighted by Gasteiger charge is 2.38. The summed E-state index contributed by atoms with van der Waals surface area (Å²) in [6.45, 7) is 4.66. The molecule has 0 bridgehead atoms. The normalized spacial score (nSPS) is 10.5. The van der Waals surface area contributed by atoms with Gasteiger partial charge >= 0.3 is 0 Å². The zero-order valence-corrected chi connectivity index (χ0v) is 16.2. The molecule has 2 nitrogen and oxygen atoms in total. The van der Waals surface area contributed by atoms with Gasteiger partial charge in [-0.15, -0.1) is 0 Å². The summed E-state index contributed by atoms with van der Waals surface area (Å²) < 4.78 is 0. The van der Waals surface area contributed by atoms with Gasteiger partial charge in [0.05, 0.1) is 36.2 Å². The van der Waals surface area contributed by atoms with Crippen molar-refractivity contribution in [2.75, 3.05) is 12.3 Å². The fraction of sp³-hybridized carbons (Fsp3) is 0.174. The zero-order chi connectivity index (χ0) is 18.8. The maximum absolute atomic E-state index is 10.1. The molecule has 3 aromatic carbocycles. The zero-order valence-electron chi connectivity index (χ0n) is 15.3. The molecule has 0 aliphatic rings. The standard InChI is InChI=1S/C16H20P.C7H6O2/c1-3-17(4-2,15-11-7-5-8-12-15)16-13-9-6-10-14-16;8-7(9)6-4-2-1-3-5-6/h5-14H,3-4H2,1-2H3;1-5H,(H,8,9)/q+1;/p-1. The number of hydrogen-bond acceptors (Lipinski definition) is 2. The predicted molar refractivity (Wildman–Crippen MR) is 111 cm³/mol. The van der Waals surface area contributed by atoms with Crippen molar-refractivity contribution in [3.63, 3.8) is 0 Å². The van der Waals surface area contributed by atoms with Gasteiger partial charge in [0.15, 0.2) is 0 Å². The van der Waals surface area contributed by atoms with Crippen molar-refractivity contribution in [2.45, 2.75) is 13.8 Å². The number of carbonyl (C=O) groups excluding carboxylic acids is 1. The second-order valence-electron chi connectivity index (χ2n) is 5.92. The number of hydrogen-bond donors (Lipinski definition) is 0. The Bertz CT molecular complexity index is 741. The maximum Gasteiger partial charge on any atom is 0.0991 e. The highest BCUT2D eigenvalue weighted by atomic mass is 31.2. The second-order valence-corrected chi connectivity index (χ2v) is 10.2. The van der Waals surface area contributed by atoms with Gasteiger partial charge in [-0.05, 0) is 43.7 Å². The Balaban J connectivity index is 0.000000228. The molecule has 0 saturated carbocycles. The minimum absolute atomic E-state index is 0.220. The van der Waals surface area contributed by atoms with E-state index in [0.29, 0.717) is 0 Å². The molecule has 3 rings (SSSR count). The molecule has 0 saturated heterocycles. The van der Waals surface area contributed by atoms with Crippen LogP contribution in [0.2, 0.25) is 0 Å². The van der Waals surface area contributed by atoms with Crippen LogP contribution >= 0.6 is 7.26 Å². The van der Waals surface area contributed by atoms with Crippen LogP contribution in [0.25, 0.3) is 0 Å². The van der Waals surface area contributed by atoms with Crippen LogP contribution in [0.5, 0.6) is 0 Å². The highest BCUT2D eigenvalue weighted by Crippen LogP contribution is 2.55. The van der Waals surface area contributed by atoms with E-state index in [0.717, 1.165) is 0 Å². The van der Waals surface area contributed by atoms with Crippen molar-refractivity contribution in [1.29, 1.82) is 0 Å². The number of benzene rings is 3. The van der Waals surface area contributed by atoms with Crippen LogP contribution in [-0.2, 0) is 0 Å². The van der Waals surface area contributed by atoms with Gasteiger partial charge in [-0.3, -0.25) is 0 Å². The van der Waals surface area contributed by atoms with E-state index in [1.165, 1.54) is 35.1 Å². The average molecular weight is 364 g/mol. The molecule has 0 atom stereocenters. The van der Waals surface area contributed by atoms with Crippen molar-refractivity contribution in [3.05, 3.63) is 96.6 Å². The molecule has 0 heterocycles. The molecule has 0 radical (unpaired) electrons. The Morgan fingerprint density at radius 2 is 1.04 bits per heavy atom. The first kappa shape index (κ1) is 19.9. The van der Waals surface area contributed by atoms with Gasteiger partial charge in [0.1, 0.15) is 0 Å². The Morgan fingerprint density at radius 3 is 1.31 bits per heavy atom. The lowest BCUT2D eigenvalue weighted by Gasteiger charge is -2.24. The third-order valence-corrected chi connectivity index (χ3v) is 9.32. The van der Waals surface area contributed by atoms with Crippen molar-refractivity contribution in [3.8, 4) is 0 Å². The van der Waals surface area contributed by atoms with Gasteiger partial charge in [0, 0.05) is 0 Å². The number of rotatable bonds is 5. The van der Waals surface area contributed by atoms with Crippen LogP contribution in [0, 0.1) is 0 Å². The molecular formula is C23H25O2P. The molecule has 0 aliphatic carbocycles. The molecule has 0 N–H and O–H groups in total. The molecule has 3 heteroatoms. The first-order valence-corrected chi connectivity index (χ1v) is 11.0. The van der Waals surface area contributed by atoms with Gasteiger partial charge < -0.3 is 9.90 Å². The molecule has 0 unspecified atom stereocenters. The first-order chi connectivity index (χ1) is 12.6. The van der Waals surface area contributed by atoms with E-state index in [1.54, 1.807) is 18.2 Å². The minimum atomic E-state index is -1.16. The van der Waals surface area contributed by atoms with Crippen LogP contribution in [0.15, 0.2) is 91.0 Å². The molecule has 0 amide bonds. The average Bonchev–Trinajstić information content (AvgIpc) is 2.72. The number of aromatic carboxylic acids is 1. The summed E-state index contributed by atoms with van der Waals surface area (Å²) in [5.41, 5.74) is 0.220. The van der Waals surface area contributed by atoms with Crippen LogP contribution in [0.3, 0.4) is 0 Å². The van der Waals surface area contributed by atoms with E-state index in [1.807, 2.05) is 0 Å². The lowest BCUT2D eigenvalue weighted by molar-refractivity contribution is -0.255. The van der Waals surface area contributed by atoms with E-state index >= 15 is 0 Å². The number of carbonyl (C=O) groups is 1. The minimum Gasteiger partial charge on any atom is -0.545 e. The summed E-state index contributed by atoms with van der Waals surface area (Å²) in [5.74, 6) is -1.13. The number of carboxylic acid groups (broad SMARTS) is 1. The lowest BCUT2D eigenvalue weighted by Crippen LogP contribution is -2.25. The SMILES string of the molecule is CC[P+](CC)(c1ccccc1)c1ccccc1.O=C([O-])c1ccccc1. The van der Waals surface area contributed by atoms with Crippen molar-refractivity contribution in [2.24, 2.45) is 0 Å². The Hall–Kier alpha value is -2.44. The lowest BCUT2D eigenvalue weighted by atomic mass is 10.2. The van der Waals surface area contributed by atoms with Crippen LogP contribution in [-0.4, -0.2) is 18.3 Å². The molecular weight excluding hydrogens is 339 g/mol. The van der Waals surface area contributed by atoms with E-state index in [9.17, 15) is 9.90 Å². The molecule has 0 spiro atoms. The van der Waals surface area contributed by atoms with Crippen molar-refractivity contribution < 1.29 is 9.90 Å². The van der Waals surface area contributed by atoms with Crippen molar-refractivity contribution >= 4 is 23.8 Å². The van der Waals surface area contributed by atoms with Gasteiger partial charge in [-0.25, -0.2) is 0 Å². The molecule has 26 heavy (non-hydrogen) atoms. The van der Waals surface area contributed by atoms with Gasteiger partial charge in [-0.2, -0.15) is 0 Å².